The van der Waals surface area contributed by atoms with E-state index in [1.54, 1.807) is 0 Å². The highest BCUT2D eigenvalue weighted by Gasteiger charge is 2.28. The summed E-state index contributed by atoms with van der Waals surface area (Å²) in [5.74, 6) is 0. The van der Waals surface area contributed by atoms with Crippen molar-refractivity contribution >= 4 is 18.3 Å². The van der Waals surface area contributed by atoms with Gasteiger partial charge in [-0.15, -0.1) is 12.6 Å². The summed E-state index contributed by atoms with van der Waals surface area (Å²) in [5.41, 5.74) is 2.16. The van der Waals surface area contributed by atoms with Gasteiger partial charge in [-0.1, -0.05) is 5.57 Å². The molecule has 0 spiro atoms. The molecule has 2 atom stereocenters. The molecule has 1 aliphatic heterocycles. The van der Waals surface area contributed by atoms with Gasteiger partial charge in [0.15, 0.2) is 0 Å². The molecule has 0 N–H and O–H groups in total. The van der Waals surface area contributed by atoms with Crippen LogP contribution in [-0.4, -0.2) is 18.0 Å². The molecule has 0 aromatic heterocycles. The van der Waals surface area contributed by atoms with Gasteiger partial charge < -0.3 is 4.74 Å². The summed E-state index contributed by atoms with van der Waals surface area (Å²) in [7, 11) is 0. The van der Waals surface area contributed by atoms with Gasteiger partial charge in [-0.3, -0.25) is 4.99 Å². The van der Waals surface area contributed by atoms with Gasteiger partial charge in [-0.2, -0.15) is 0 Å². The Balaban J connectivity index is 2.38. The summed E-state index contributed by atoms with van der Waals surface area (Å²) in [6.07, 6.45) is 4.10. The van der Waals surface area contributed by atoms with Crippen molar-refractivity contribution in [2.45, 2.75) is 26.2 Å². The lowest BCUT2D eigenvalue weighted by Crippen LogP contribution is -2.20. The Morgan fingerprint density at radius 1 is 1.58 bits per heavy atom. The van der Waals surface area contributed by atoms with Crippen LogP contribution in [0.4, 0.5) is 0 Å². The van der Waals surface area contributed by atoms with Crippen LogP contribution in [0.5, 0.6) is 0 Å². The minimum Gasteiger partial charge on any atom is -0.343 e. The number of hydrogen-bond donors (Lipinski definition) is 1. The van der Waals surface area contributed by atoms with Gasteiger partial charge >= 0.3 is 0 Å². The van der Waals surface area contributed by atoms with Gasteiger partial charge in [-0.25, -0.2) is 0 Å². The highest BCUT2D eigenvalue weighted by molar-refractivity contribution is 7.85. The highest BCUT2D eigenvalue weighted by atomic mass is 32.1. The first-order valence-corrected chi connectivity index (χ1v) is 4.44. The van der Waals surface area contributed by atoms with Gasteiger partial charge in [0.2, 0.25) is 0 Å². The minimum absolute atomic E-state index is 0.0253. The first kappa shape index (κ1) is 8.08. The van der Waals surface area contributed by atoms with Gasteiger partial charge in [0, 0.05) is 4.91 Å². The van der Waals surface area contributed by atoms with Crippen molar-refractivity contribution in [3.63, 3.8) is 0 Å². The average molecular weight is 181 g/mol. The van der Waals surface area contributed by atoms with Crippen LogP contribution in [0.1, 0.15) is 13.8 Å². The van der Waals surface area contributed by atoms with E-state index in [1.165, 1.54) is 5.57 Å². The number of ether oxygens (including phenoxy) is 1. The summed E-state index contributed by atoms with van der Waals surface area (Å²) < 4.78 is 5.54. The fourth-order valence-corrected chi connectivity index (χ4v) is 1.87. The van der Waals surface area contributed by atoms with Crippen molar-refractivity contribution in [1.82, 2.24) is 0 Å². The smallest absolute Gasteiger partial charge is 0.147 e. The van der Waals surface area contributed by atoms with Crippen LogP contribution < -0.4 is 0 Å². The standard InChI is InChI=1S/C9H11NOS/c1-5-3-7-9(8(12)4-5)10-6(2)11-7/h3-4,6-7,12H,1-2H3. The normalized spacial score (nSPS) is 33.8. The van der Waals surface area contributed by atoms with Crippen molar-refractivity contribution in [2.24, 2.45) is 4.99 Å². The minimum atomic E-state index is -0.0253. The number of thiol groups is 1. The molecule has 2 aliphatic rings. The van der Waals surface area contributed by atoms with Crippen molar-refractivity contribution in [3.05, 3.63) is 22.6 Å². The third kappa shape index (κ3) is 1.23. The second-order valence-electron chi connectivity index (χ2n) is 3.11. The number of hydrogen-bond acceptors (Lipinski definition) is 3. The SMILES string of the molecule is CC1=CC2OC(C)N=C2C(S)=C1. The van der Waals surface area contributed by atoms with E-state index in [1.807, 2.05) is 19.9 Å². The predicted molar refractivity (Wildman–Crippen MR) is 52.6 cm³/mol. The van der Waals surface area contributed by atoms with Crippen LogP contribution in [0.25, 0.3) is 0 Å². The van der Waals surface area contributed by atoms with E-state index < -0.39 is 0 Å². The number of nitrogens with zero attached hydrogens (tertiary/aromatic N) is 1. The Labute approximate surface area is 77.4 Å². The topological polar surface area (TPSA) is 21.6 Å². The van der Waals surface area contributed by atoms with Gasteiger partial charge in [-0.05, 0) is 26.0 Å². The molecule has 0 bridgehead atoms. The molecule has 0 aromatic carbocycles. The molecule has 0 saturated heterocycles. The summed E-state index contributed by atoms with van der Waals surface area (Å²) in [6, 6.07) is 0. The van der Waals surface area contributed by atoms with E-state index in [2.05, 4.69) is 23.7 Å². The van der Waals surface area contributed by atoms with Gasteiger partial charge in [0.25, 0.3) is 0 Å². The summed E-state index contributed by atoms with van der Waals surface area (Å²) in [5, 5.41) is 0. The molecule has 0 aromatic rings. The molecule has 2 nitrogen and oxygen atoms in total. The number of fused-ring (bicyclic) bond motifs is 1. The van der Waals surface area contributed by atoms with Gasteiger partial charge in [0.05, 0.1) is 5.71 Å². The number of rotatable bonds is 0. The van der Waals surface area contributed by atoms with E-state index in [4.69, 9.17) is 4.74 Å². The molecule has 2 unspecified atom stereocenters. The van der Waals surface area contributed by atoms with E-state index in [0.717, 1.165) is 10.6 Å². The zero-order chi connectivity index (χ0) is 8.72. The lowest BCUT2D eigenvalue weighted by Gasteiger charge is -2.14. The van der Waals surface area contributed by atoms with E-state index in [-0.39, 0.29) is 12.3 Å². The fourth-order valence-electron chi connectivity index (χ4n) is 1.48. The molecule has 12 heavy (non-hydrogen) atoms. The Bertz CT molecular complexity index is 304. The fraction of sp³-hybridized carbons (Fsp3) is 0.444. The molecule has 2 rings (SSSR count). The van der Waals surface area contributed by atoms with Crippen molar-refractivity contribution in [1.29, 1.82) is 0 Å². The molecule has 1 heterocycles. The Morgan fingerprint density at radius 3 is 3.08 bits per heavy atom. The number of aliphatic imine (C=N–C) groups is 1. The molecular formula is C9H11NOS. The molecule has 0 saturated carbocycles. The van der Waals surface area contributed by atoms with Crippen LogP contribution in [0, 0.1) is 0 Å². The maximum Gasteiger partial charge on any atom is 0.147 e. The zero-order valence-electron chi connectivity index (χ0n) is 7.11. The Hall–Kier alpha value is -0.540. The van der Waals surface area contributed by atoms with E-state index >= 15 is 0 Å². The lowest BCUT2D eigenvalue weighted by molar-refractivity contribution is 0.0863. The van der Waals surface area contributed by atoms with Crippen LogP contribution in [0.15, 0.2) is 27.6 Å². The Morgan fingerprint density at radius 2 is 2.33 bits per heavy atom. The average Bonchev–Trinajstić information content (AvgIpc) is 2.29. The van der Waals surface area contributed by atoms with Crippen molar-refractivity contribution in [2.75, 3.05) is 0 Å². The molecule has 1 aliphatic carbocycles. The van der Waals surface area contributed by atoms with Crippen molar-refractivity contribution < 1.29 is 4.74 Å². The molecule has 0 radical (unpaired) electrons. The summed E-state index contributed by atoms with van der Waals surface area (Å²) in [6.45, 7) is 3.98. The first-order valence-electron chi connectivity index (χ1n) is 3.99. The van der Waals surface area contributed by atoms with Gasteiger partial charge in [0.1, 0.15) is 12.3 Å². The lowest BCUT2D eigenvalue weighted by atomic mass is 10.0. The van der Waals surface area contributed by atoms with Crippen LogP contribution in [-0.2, 0) is 4.74 Å². The maximum atomic E-state index is 5.54. The quantitative estimate of drug-likeness (QED) is 0.567. The summed E-state index contributed by atoms with van der Waals surface area (Å²) in [4.78, 5) is 5.27. The van der Waals surface area contributed by atoms with E-state index in [0.29, 0.717) is 0 Å². The molecular weight excluding hydrogens is 170 g/mol. The monoisotopic (exact) mass is 181 g/mol. The van der Waals surface area contributed by atoms with Crippen LogP contribution in [0.2, 0.25) is 0 Å². The van der Waals surface area contributed by atoms with Crippen LogP contribution in [0.3, 0.4) is 0 Å². The molecule has 0 fully saturated rings. The third-order valence-electron chi connectivity index (χ3n) is 1.98. The second kappa shape index (κ2) is 2.75. The summed E-state index contributed by atoms with van der Waals surface area (Å²) >= 11 is 4.35. The maximum absolute atomic E-state index is 5.54. The number of allylic oxidation sites excluding steroid dienone is 2. The largest absolute Gasteiger partial charge is 0.343 e. The van der Waals surface area contributed by atoms with E-state index in [9.17, 15) is 0 Å². The molecule has 3 heteroatoms. The first-order chi connectivity index (χ1) is 5.66. The highest BCUT2D eigenvalue weighted by Crippen LogP contribution is 2.26. The third-order valence-corrected chi connectivity index (χ3v) is 2.33. The van der Waals surface area contributed by atoms with Crippen LogP contribution >= 0.6 is 12.6 Å². The predicted octanol–water partition coefficient (Wildman–Crippen LogP) is 1.95. The zero-order valence-corrected chi connectivity index (χ0v) is 8.01. The molecule has 64 valence electrons. The molecule has 0 amide bonds. The second-order valence-corrected chi connectivity index (χ2v) is 3.59. The Kier molecular flexibility index (Phi) is 1.85. The van der Waals surface area contributed by atoms with Crippen molar-refractivity contribution in [3.8, 4) is 0 Å².